The van der Waals surface area contributed by atoms with Crippen molar-refractivity contribution in [2.45, 2.75) is 54.9 Å². The molecule has 0 radical (unpaired) electrons. The van der Waals surface area contributed by atoms with Crippen molar-refractivity contribution in [1.29, 1.82) is 0 Å². The summed E-state index contributed by atoms with van der Waals surface area (Å²) in [5, 5.41) is 0. The van der Waals surface area contributed by atoms with Gasteiger partial charge in [-0.3, -0.25) is 0 Å². The van der Waals surface area contributed by atoms with E-state index in [-0.39, 0.29) is 0 Å². The van der Waals surface area contributed by atoms with E-state index in [0.29, 0.717) is 0 Å². The summed E-state index contributed by atoms with van der Waals surface area (Å²) in [5.74, 6) is 0. The molecule has 0 aliphatic heterocycles. The summed E-state index contributed by atoms with van der Waals surface area (Å²) in [5.41, 5.74) is 0. The minimum absolute atomic E-state index is 1.17. The van der Waals surface area contributed by atoms with Gasteiger partial charge in [0.2, 0.25) is 0 Å². The first-order chi connectivity index (χ1) is 7.64. The molecule has 0 saturated heterocycles. The Hall–Kier alpha value is -0.560. The predicted octanol–water partition coefficient (Wildman–Crippen LogP) is 5.15. The van der Waals surface area contributed by atoms with E-state index >= 15 is 0 Å². The van der Waals surface area contributed by atoms with E-state index in [1.54, 1.807) is 6.08 Å². The van der Waals surface area contributed by atoms with Crippen LogP contribution in [0.2, 0.25) is 0 Å². The lowest BCUT2D eigenvalue weighted by atomic mass is 10.4. The fourth-order valence-corrected chi connectivity index (χ4v) is 0.540. The van der Waals surface area contributed by atoms with Gasteiger partial charge in [-0.05, 0) is 47.3 Å². The molecule has 0 fully saturated rings. The van der Waals surface area contributed by atoms with Crippen molar-refractivity contribution in [1.82, 2.24) is 4.90 Å². The highest BCUT2D eigenvalue weighted by Gasteiger charge is 1.86. The zero-order chi connectivity index (χ0) is 13.8. The van der Waals surface area contributed by atoms with Gasteiger partial charge in [-0.1, -0.05) is 45.9 Å². The first kappa shape index (κ1) is 24.6. The second-order valence-corrected chi connectivity index (χ2v) is 2.97. The van der Waals surface area contributed by atoms with Gasteiger partial charge in [-0.2, -0.15) is 0 Å². The SMILES string of the molecule is C/C=C\C.C=CC.CC.CCCN(C)CC. The van der Waals surface area contributed by atoms with Crippen LogP contribution in [0.4, 0.5) is 0 Å². The van der Waals surface area contributed by atoms with Crippen LogP contribution in [0.3, 0.4) is 0 Å². The summed E-state index contributed by atoms with van der Waals surface area (Å²) >= 11 is 0. The Morgan fingerprint density at radius 3 is 1.38 bits per heavy atom. The highest BCUT2D eigenvalue weighted by atomic mass is 15.1. The molecule has 0 spiro atoms. The highest BCUT2D eigenvalue weighted by Crippen LogP contribution is 1.82. The van der Waals surface area contributed by atoms with Crippen LogP contribution in [-0.2, 0) is 0 Å². The monoisotopic (exact) mass is 229 g/mol. The van der Waals surface area contributed by atoms with Crippen molar-refractivity contribution in [2.75, 3.05) is 20.1 Å². The molecular formula is C15H35N. The van der Waals surface area contributed by atoms with Crippen molar-refractivity contribution < 1.29 is 0 Å². The minimum atomic E-state index is 1.17. The van der Waals surface area contributed by atoms with Crippen molar-refractivity contribution in [3.63, 3.8) is 0 Å². The van der Waals surface area contributed by atoms with Crippen LogP contribution in [0, 0.1) is 0 Å². The van der Waals surface area contributed by atoms with E-state index < -0.39 is 0 Å². The maximum Gasteiger partial charge on any atom is -0.00245 e. The molecule has 0 bridgehead atoms. The van der Waals surface area contributed by atoms with E-state index in [1.807, 2.05) is 46.8 Å². The molecule has 0 saturated carbocycles. The summed E-state index contributed by atoms with van der Waals surface area (Å²) in [7, 11) is 2.14. The molecule has 1 nitrogen and oxygen atoms in total. The maximum atomic E-state index is 3.36. The van der Waals surface area contributed by atoms with E-state index in [9.17, 15) is 0 Å². The van der Waals surface area contributed by atoms with Gasteiger partial charge >= 0.3 is 0 Å². The molecular weight excluding hydrogens is 194 g/mol. The van der Waals surface area contributed by atoms with Crippen molar-refractivity contribution in [3.8, 4) is 0 Å². The van der Waals surface area contributed by atoms with Crippen LogP contribution >= 0.6 is 0 Å². The first-order valence-electron chi connectivity index (χ1n) is 6.47. The van der Waals surface area contributed by atoms with Crippen LogP contribution < -0.4 is 0 Å². The Morgan fingerprint density at radius 1 is 1.00 bits per heavy atom. The summed E-state index contributed by atoms with van der Waals surface area (Å²) in [6, 6.07) is 0. The highest BCUT2D eigenvalue weighted by molar-refractivity contribution is 4.68. The fourth-order valence-electron chi connectivity index (χ4n) is 0.540. The molecule has 0 N–H and O–H groups in total. The van der Waals surface area contributed by atoms with Crippen LogP contribution in [-0.4, -0.2) is 25.0 Å². The van der Waals surface area contributed by atoms with Gasteiger partial charge < -0.3 is 4.90 Å². The molecule has 0 amide bonds. The molecule has 0 aromatic rings. The summed E-state index contributed by atoms with van der Waals surface area (Å²) < 4.78 is 0. The van der Waals surface area contributed by atoms with E-state index in [2.05, 4.69) is 32.4 Å². The molecule has 0 atom stereocenters. The molecule has 0 aromatic carbocycles. The van der Waals surface area contributed by atoms with Crippen molar-refractivity contribution in [3.05, 3.63) is 24.8 Å². The third-order valence-electron chi connectivity index (χ3n) is 1.48. The maximum absolute atomic E-state index is 3.36. The number of nitrogens with zero attached hydrogens (tertiary/aromatic N) is 1. The zero-order valence-electron chi connectivity index (χ0n) is 13.0. The lowest BCUT2D eigenvalue weighted by Gasteiger charge is -2.10. The second kappa shape index (κ2) is 36.6. The van der Waals surface area contributed by atoms with Gasteiger partial charge in [0.05, 0.1) is 0 Å². The molecule has 1 heteroatoms. The van der Waals surface area contributed by atoms with Gasteiger partial charge in [0.25, 0.3) is 0 Å². The summed E-state index contributed by atoms with van der Waals surface area (Å²) in [6.07, 6.45) is 7.02. The van der Waals surface area contributed by atoms with Gasteiger partial charge in [0.15, 0.2) is 0 Å². The molecule has 16 heavy (non-hydrogen) atoms. The number of hydrogen-bond acceptors (Lipinski definition) is 1. The number of allylic oxidation sites excluding steroid dienone is 3. The van der Waals surface area contributed by atoms with Gasteiger partial charge in [-0.15, -0.1) is 6.58 Å². The normalized spacial score (nSPS) is 8.06. The van der Waals surface area contributed by atoms with E-state index in [4.69, 9.17) is 0 Å². The predicted molar refractivity (Wildman–Crippen MR) is 81.2 cm³/mol. The minimum Gasteiger partial charge on any atom is -0.307 e. The molecule has 0 aromatic heterocycles. The smallest absolute Gasteiger partial charge is 0.00245 e. The molecule has 100 valence electrons. The molecule has 0 aliphatic carbocycles. The Labute approximate surface area is 105 Å². The van der Waals surface area contributed by atoms with Gasteiger partial charge in [0, 0.05) is 0 Å². The molecule has 0 unspecified atom stereocenters. The number of rotatable bonds is 3. The summed E-state index contributed by atoms with van der Waals surface area (Å²) in [4.78, 5) is 2.31. The average Bonchev–Trinajstić information content (AvgIpc) is 2.33. The lowest BCUT2D eigenvalue weighted by molar-refractivity contribution is 0.353. The average molecular weight is 229 g/mol. The zero-order valence-corrected chi connectivity index (χ0v) is 13.0. The standard InChI is InChI=1S/C6H15N.C4H8.C3H6.C2H6/c1-4-6-7(3)5-2;1-3-4-2;1-3-2;1-2/h4-6H2,1-3H3;3-4H,1-2H3;3H,1H2,2H3;1-2H3/b;4-3-;;. The Bertz CT molecular complexity index is 102. The summed E-state index contributed by atoms with van der Waals surface area (Å²) in [6.45, 7) is 20.0. The van der Waals surface area contributed by atoms with Crippen LogP contribution in [0.5, 0.6) is 0 Å². The van der Waals surface area contributed by atoms with Crippen LogP contribution in [0.1, 0.15) is 54.9 Å². The quantitative estimate of drug-likeness (QED) is 0.605. The largest absolute Gasteiger partial charge is 0.307 e. The molecule has 0 heterocycles. The van der Waals surface area contributed by atoms with E-state index in [0.717, 1.165) is 0 Å². The molecule has 0 rings (SSSR count). The topological polar surface area (TPSA) is 3.24 Å². The first-order valence-corrected chi connectivity index (χ1v) is 6.47. The van der Waals surface area contributed by atoms with Crippen LogP contribution in [0.25, 0.3) is 0 Å². The third-order valence-corrected chi connectivity index (χ3v) is 1.48. The van der Waals surface area contributed by atoms with E-state index in [1.165, 1.54) is 19.5 Å². The number of hydrogen-bond donors (Lipinski definition) is 0. The lowest BCUT2D eigenvalue weighted by Crippen LogP contribution is -2.17. The molecule has 0 aliphatic rings. The van der Waals surface area contributed by atoms with Crippen LogP contribution in [0.15, 0.2) is 24.8 Å². The Balaban J connectivity index is -0.0000000685. The third kappa shape index (κ3) is 70.3. The second-order valence-electron chi connectivity index (χ2n) is 2.97. The fraction of sp³-hybridized carbons (Fsp3) is 0.733. The Morgan fingerprint density at radius 2 is 1.31 bits per heavy atom. The van der Waals surface area contributed by atoms with Gasteiger partial charge in [0.1, 0.15) is 0 Å². The van der Waals surface area contributed by atoms with Crippen molar-refractivity contribution >= 4 is 0 Å². The van der Waals surface area contributed by atoms with Gasteiger partial charge in [-0.25, -0.2) is 0 Å². The van der Waals surface area contributed by atoms with Crippen molar-refractivity contribution in [2.24, 2.45) is 0 Å². The Kier molecular flexibility index (Phi) is 56.3.